The smallest absolute Gasteiger partial charge is 0.355 e. The SMILES string of the molecule is CC[C@@]1(OC(=O)CN=C(CCOC2CC(C)(C)N([O])C(C)(C)C2)NS(=O)(=O)c2ccc(C)cc2)C(=O)OCc2c1cc1n(c2=O)Cc2cc3ccccc3nc2-1. The molecule has 1 fully saturated rings. The maximum Gasteiger partial charge on any atom is 0.355 e. The third kappa shape index (κ3) is 7.24. The first kappa shape index (κ1) is 39.3. The molecule has 7 rings (SSSR count). The highest BCUT2D eigenvalue weighted by atomic mass is 32.2. The van der Waals surface area contributed by atoms with Gasteiger partial charge in [0.05, 0.1) is 46.6 Å². The molecule has 0 spiro atoms. The van der Waals surface area contributed by atoms with Crippen LogP contribution in [0.15, 0.2) is 75.3 Å². The first-order valence-electron chi connectivity index (χ1n) is 18.7. The number of nitrogens with one attached hydrogen (secondary N) is 1. The second kappa shape index (κ2) is 14.5. The molecule has 2 aromatic carbocycles. The summed E-state index contributed by atoms with van der Waals surface area (Å²) in [5, 5.41) is 14.9. The summed E-state index contributed by atoms with van der Waals surface area (Å²) in [6.07, 6.45) is 0.582. The fourth-order valence-electron chi connectivity index (χ4n) is 8.17. The van der Waals surface area contributed by atoms with Gasteiger partial charge in [-0.2, -0.15) is 0 Å². The standard InChI is InChI=1S/C41H46N5O9S/c1-7-41(31-19-33-36-27(18-26-10-8-9-11-32(26)43-36)23-45(33)37(48)30(31)24-54-38(41)49)55-35(47)22-42-34(44-56(51,52)29-14-12-25(2)13-15-29)16-17-53-28-20-39(3,4)46(50)40(5,6)21-28/h8-15,18-19,28H,7,16-17,20-24H2,1-6H3,(H,42,44)/t41-/m0/s1. The number of carbonyl (C=O) groups is 2. The normalized spacial score (nSPS) is 20.6. The molecule has 1 N–H and O–H groups in total. The van der Waals surface area contributed by atoms with Crippen molar-refractivity contribution in [3.63, 3.8) is 0 Å². The average Bonchev–Trinajstić information content (AvgIpc) is 3.50. The van der Waals surface area contributed by atoms with Crippen molar-refractivity contribution in [1.82, 2.24) is 19.3 Å². The Morgan fingerprint density at radius 3 is 2.43 bits per heavy atom. The van der Waals surface area contributed by atoms with E-state index in [0.717, 1.165) is 27.1 Å². The van der Waals surface area contributed by atoms with Crippen LogP contribution in [0.4, 0.5) is 0 Å². The molecule has 4 aromatic rings. The van der Waals surface area contributed by atoms with Crippen LogP contribution in [0.3, 0.4) is 0 Å². The highest BCUT2D eigenvalue weighted by molar-refractivity contribution is 7.90. The van der Waals surface area contributed by atoms with E-state index < -0.39 is 45.2 Å². The molecule has 5 heterocycles. The van der Waals surface area contributed by atoms with Crippen LogP contribution >= 0.6 is 0 Å². The first-order chi connectivity index (χ1) is 26.4. The van der Waals surface area contributed by atoms with Gasteiger partial charge >= 0.3 is 11.9 Å². The van der Waals surface area contributed by atoms with Crippen molar-refractivity contribution in [2.24, 2.45) is 4.99 Å². The summed E-state index contributed by atoms with van der Waals surface area (Å²) in [7, 11) is -4.12. The number of esters is 2. The molecule has 0 aliphatic carbocycles. The molecule has 0 unspecified atom stereocenters. The maximum absolute atomic E-state index is 13.9. The van der Waals surface area contributed by atoms with Gasteiger partial charge < -0.3 is 18.8 Å². The lowest BCUT2D eigenvalue weighted by Gasteiger charge is -2.49. The van der Waals surface area contributed by atoms with Crippen LogP contribution in [-0.4, -0.2) is 71.1 Å². The summed E-state index contributed by atoms with van der Waals surface area (Å²) in [6, 6.07) is 17.6. The number of hydrogen-bond acceptors (Lipinski definition) is 11. The molecular formula is C41H46N5O9S. The van der Waals surface area contributed by atoms with E-state index in [1.807, 2.05) is 65.0 Å². The fraction of sp³-hybridized carbons (Fsp3) is 0.439. The third-order valence-corrected chi connectivity index (χ3v) is 12.3. The highest BCUT2D eigenvalue weighted by Gasteiger charge is 2.51. The Balaban J connectivity index is 1.15. The Bertz CT molecular complexity index is 2410. The Labute approximate surface area is 325 Å². The number of fused-ring (bicyclic) bond motifs is 5. The minimum atomic E-state index is -4.12. The summed E-state index contributed by atoms with van der Waals surface area (Å²) in [5.41, 5.74) is 0.290. The number of ether oxygens (including phenoxy) is 3. The van der Waals surface area contributed by atoms with Crippen LogP contribution in [-0.2, 0) is 57.8 Å². The minimum Gasteiger partial charge on any atom is -0.457 e. The number of benzene rings is 2. The van der Waals surface area contributed by atoms with Gasteiger partial charge in [-0.05, 0) is 84.2 Å². The predicted molar refractivity (Wildman–Crippen MR) is 206 cm³/mol. The third-order valence-electron chi connectivity index (χ3n) is 10.9. The molecule has 0 bridgehead atoms. The van der Waals surface area contributed by atoms with Crippen molar-refractivity contribution in [1.29, 1.82) is 0 Å². The van der Waals surface area contributed by atoms with E-state index in [2.05, 4.69) is 9.71 Å². The monoisotopic (exact) mass is 784 g/mol. The lowest BCUT2D eigenvalue weighted by Crippen LogP contribution is -2.59. The van der Waals surface area contributed by atoms with Crippen molar-refractivity contribution in [3.05, 3.63) is 93.3 Å². The molecule has 15 heteroatoms. The number of aliphatic imine (C=N–C) groups is 1. The van der Waals surface area contributed by atoms with Gasteiger partial charge in [0.25, 0.3) is 15.6 Å². The van der Waals surface area contributed by atoms with E-state index in [1.54, 1.807) is 29.7 Å². The van der Waals surface area contributed by atoms with E-state index in [0.29, 0.717) is 24.2 Å². The number of piperidine rings is 1. The number of nitrogens with zero attached hydrogens (tertiary/aromatic N) is 4. The number of carbonyl (C=O) groups excluding carboxylic acids is 2. The molecule has 1 atom stereocenters. The number of cyclic esters (lactones) is 1. The van der Waals surface area contributed by atoms with Crippen LogP contribution in [0.2, 0.25) is 0 Å². The van der Waals surface area contributed by atoms with Crippen molar-refractivity contribution < 1.29 is 37.4 Å². The van der Waals surface area contributed by atoms with Crippen LogP contribution in [0, 0.1) is 6.92 Å². The van der Waals surface area contributed by atoms with Gasteiger partial charge in [-0.15, -0.1) is 10.3 Å². The minimum absolute atomic E-state index is 0.0000133. The van der Waals surface area contributed by atoms with Crippen LogP contribution in [0.5, 0.6) is 0 Å². The van der Waals surface area contributed by atoms with Gasteiger partial charge in [0, 0.05) is 34.0 Å². The van der Waals surface area contributed by atoms with E-state index >= 15 is 0 Å². The molecule has 1 saturated heterocycles. The summed E-state index contributed by atoms with van der Waals surface area (Å²) in [5.74, 6) is -1.84. The van der Waals surface area contributed by atoms with Crippen molar-refractivity contribution >= 4 is 38.7 Å². The van der Waals surface area contributed by atoms with E-state index in [-0.39, 0.29) is 66.1 Å². The topological polar surface area (TPSA) is 178 Å². The molecule has 14 nitrogen and oxygen atoms in total. The summed E-state index contributed by atoms with van der Waals surface area (Å²) >= 11 is 0. The molecule has 1 radical (unpaired) electrons. The number of sulfonamides is 1. The quantitative estimate of drug-likeness (QED) is 0.114. The van der Waals surface area contributed by atoms with Crippen LogP contribution in [0.1, 0.15) is 82.6 Å². The number of hydrogen-bond donors (Lipinski definition) is 1. The molecular weight excluding hydrogens is 739 g/mol. The van der Waals surface area contributed by atoms with E-state index in [1.165, 1.54) is 12.1 Å². The number of rotatable bonds is 10. The van der Waals surface area contributed by atoms with Gasteiger partial charge in [-0.25, -0.2) is 23.0 Å². The fourth-order valence-corrected chi connectivity index (χ4v) is 9.26. The van der Waals surface area contributed by atoms with Crippen molar-refractivity contribution in [3.8, 4) is 11.4 Å². The number of amidine groups is 1. The van der Waals surface area contributed by atoms with Gasteiger partial charge in [0.2, 0.25) is 5.60 Å². The number of aromatic nitrogens is 2. The highest BCUT2D eigenvalue weighted by Crippen LogP contribution is 2.41. The van der Waals surface area contributed by atoms with E-state index in [4.69, 9.17) is 19.2 Å². The van der Waals surface area contributed by atoms with Crippen LogP contribution in [0.25, 0.3) is 22.3 Å². The van der Waals surface area contributed by atoms with Crippen molar-refractivity contribution in [2.75, 3.05) is 13.2 Å². The Kier molecular flexibility index (Phi) is 10.2. The zero-order chi connectivity index (χ0) is 40.2. The molecule has 0 saturated carbocycles. The maximum atomic E-state index is 13.9. The Morgan fingerprint density at radius 2 is 1.73 bits per heavy atom. The largest absolute Gasteiger partial charge is 0.457 e. The van der Waals surface area contributed by atoms with Crippen LogP contribution < -0.4 is 10.3 Å². The number of aryl methyl sites for hydroxylation is 1. The molecule has 0 amide bonds. The molecule has 3 aliphatic heterocycles. The lowest BCUT2D eigenvalue weighted by atomic mass is 9.80. The van der Waals surface area contributed by atoms with E-state index in [9.17, 15) is 28.0 Å². The van der Waals surface area contributed by atoms with Gasteiger partial charge in [0.15, 0.2) is 0 Å². The Hall–Kier alpha value is -4.96. The Morgan fingerprint density at radius 1 is 1.04 bits per heavy atom. The molecule has 3 aliphatic rings. The molecule has 295 valence electrons. The van der Waals surface area contributed by atoms with Crippen molar-refractivity contribution in [2.45, 2.75) is 108 Å². The zero-order valence-electron chi connectivity index (χ0n) is 32.4. The van der Waals surface area contributed by atoms with Gasteiger partial charge in [-0.1, -0.05) is 42.8 Å². The molecule has 56 heavy (non-hydrogen) atoms. The number of hydroxylamine groups is 2. The molecule has 2 aromatic heterocycles. The lowest BCUT2D eigenvalue weighted by molar-refractivity contribution is -0.301. The zero-order valence-corrected chi connectivity index (χ0v) is 33.2. The summed E-state index contributed by atoms with van der Waals surface area (Å²) in [4.78, 5) is 50.4. The second-order valence-electron chi connectivity index (χ2n) is 16.0. The summed E-state index contributed by atoms with van der Waals surface area (Å²) in [6.45, 7) is 10.3. The number of pyridine rings is 2. The second-order valence-corrected chi connectivity index (χ2v) is 17.7. The average molecular weight is 785 g/mol. The summed E-state index contributed by atoms with van der Waals surface area (Å²) < 4.78 is 48.6. The first-order valence-corrected chi connectivity index (χ1v) is 20.2. The predicted octanol–water partition coefficient (Wildman–Crippen LogP) is 5.09. The van der Waals surface area contributed by atoms with Gasteiger partial charge in [-0.3, -0.25) is 14.5 Å². The number of para-hydroxylation sites is 1. The van der Waals surface area contributed by atoms with Gasteiger partial charge in [0.1, 0.15) is 19.0 Å².